The molecule has 1 amide bonds. The van der Waals surface area contributed by atoms with Crippen molar-refractivity contribution in [1.29, 1.82) is 0 Å². The minimum Gasteiger partial charge on any atom is -0.357 e. The summed E-state index contributed by atoms with van der Waals surface area (Å²) in [4.78, 5) is 13.3. The van der Waals surface area contributed by atoms with Crippen molar-refractivity contribution in [2.24, 2.45) is 0 Å². The van der Waals surface area contributed by atoms with Gasteiger partial charge in [-0.1, -0.05) is 0 Å². The van der Waals surface area contributed by atoms with Gasteiger partial charge in [0.05, 0.1) is 13.1 Å². The zero-order valence-electron chi connectivity index (χ0n) is 9.55. The Bertz CT molecular complexity index is 346. The first-order valence-electron chi connectivity index (χ1n) is 6.06. The number of morpholine rings is 1. The van der Waals surface area contributed by atoms with E-state index in [1.807, 2.05) is 0 Å². The summed E-state index contributed by atoms with van der Waals surface area (Å²) in [6.07, 6.45) is 2.13. The van der Waals surface area contributed by atoms with E-state index < -0.39 is 11.5 Å². The van der Waals surface area contributed by atoms with Gasteiger partial charge >= 0.3 is 0 Å². The second kappa shape index (κ2) is 3.62. The summed E-state index contributed by atoms with van der Waals surface area (Å²) in [6.45, 7) is -0.000740. The highest BCUT2D eigenvalue weighted by molar-refractivity contribution is 5.79. The summed E-state index contributed by atoms with van der Waals surface area (Å²) in [5, 5.41) is 2.68. The molecule has 0 radical (unpaired) electrons. The minimum atomic E-state index is -2.90. The highest BCUT2D eigenvalue weighted by Crippen LogP contribution is 2.42. The predicted molar refractivity (Wildman–Crippen MR) is 55.9 cm³/mol. The number of nitrogens with one attached hydrogen (secondary N) is 1. The molecule has 3 aliphatic rings. The first-order valence-corrected chi connectivity index (χ1v) is 6.06. The molecule has 17 heavy (non-hydrogen) atoms. The lowest BCUT2D eigenvalue weighted by molar-refractivity contribution is -0.243. The van der Waals surface area contributed by atoms with Gasteiger partial charge < -0.3 is 15.0 Å². The molecule has 1 N–H and O–H groups in total. The van der Waals surface area contributed by atoms with Gasteiger partial charge in [0, 0.05) is 6.04 Å². The van der Waals surface area contributed by atoms with Crippen molar-refractivity contribution in [1.82, 2.24) is 10.2 Å². The lowest BCUT2D eigenvalue weighted by Crippen LogP contribution is -2.68. The molecule has 0 bridgehead atoms. The highest BCUT2D eigenvalue weighted by atomic mass is 19.3. The number of carbonyl (C=O) groups is 1. The molecule has 2 aliphatic heterocycles. The van der Waals surface area contributed by atoms with Crippen LogP contribution in [0.1, 0.15) is 19.3 Å². The van der Waals surface area contributed by atoms with Crippen LogP contribution < -0.4 is 5.32 Å². The van der Waals surface area contributed by atoms with Crippen LogP contribution in [0.5, 0.6) is 0 Å². The van der Waals surface area contributed by atoms with Crippen molar-refractivity contribution in [3.05, 3.63) is 0 Å². The molecule has 0 aromatic carbocycles. The van der Waals surface area contributed by atoms with Crippen molar-refractivity contribution in [2.45, 2.75) is 36.8 Å². The lowest BCUT2D eigenvalue weighted by atomic mass is 9.86. The second-order valence-electron chi connectivity index (χ2n) is 5.17. The number of rotatable bonds is 1. The fourth-order valence-electron chi connectivity index (χ4n) is 2.66. The Balaban J connectivity index is 1.84. The molecule has 0 aromatic heterocycles. The van der Waals surface area contributed by atoms with Crippen LogP contribution in [-0.2, 0) is 9.53 Å². The third-order valence-electron chi connectivity index (χ3n) is 3.92. The van der Waals surface area contributed by atoms with Crippen LogP contribution in [0.4, 0.5) is 8.78 Å². The number of carbonyl (C=O) groups excluding carboxylic acids is 1. The van der Waals surface area contributed by atoms with E-state index in [0.717, 1.165) is 12.8 Å². The number of nitrogens with zero attached hydrogens (tertiary/aromatic N) is 1. The Morgan fingerprint density at radius 1 is 1.41 bits per heavy atom. The number of hydrogen-bond donors (Lipinski definition) is 1. The SMILES string of the molecule is O=C1COC2(CCNCC2(F)F)CN1C1CC1. The van der Waals surface area contributed by atoms with E-state index in [4.69, 9.17) is 4.74 Å². The summed E-state index contributed by atoms with van der Waals surface area (Å²) in [5.74, 6) is -3.05. The van der Waals surface area contributed by atoms with Crippen molar-refractivity contribution in [2.75, 3.05) is 26.2 Å². The van der Waals surface area contributed by atoms with Gasteiger partial charge in [-0.15, -0.1) is 0 Å². The first kappa shape index (κ1) is 11.3. The zero-order chi connectivity index (χ0) is 12.1. The average molecular weight is 246 g/mol. The van der Waals surface area contributed by atoms with Crippen molar-refractivity contribution < 1.29 is 18.3 Å². The van der Waals surface area contributed by atoms with Crippen molar-refractivity contribution >= 4 is 5.91 Å². The molecule has 6 heteroatoms. The molecule has 1 aliphatic carbocycles. The monoisotopic (exact) mass is 246 g/mol. The van der Waals surface area contributed by atoms with Crippen molar-refractivity contribution in [3.8, 4) is 0 Å². The summed E-state index contributed by atoms with van der Waals surface area (Å²) >= 11 is 0. The van der Waals surface area contributed by atoms with E-state index in [0.29, 0.717) is 6.54 Å². The molecule has 4 nitrogen and oxygen atoms in total. The van der Waals surface area contributed by atoms with E-state index in [1.165, 1.54) is 0 Å². The molecule has 0 aromatic rings. The number of ether oxygens (including phenoxy) is 1. The van der Waals surface area contributed by atoms with E-state index in [9.17, 15) is 13.6 Å². The number of amides is 1. The molecule has 1 atom stereocenters. The molecule has 1 unspecified atom stereocenters. The van der Waals surface area contributed by atoms with Gasteiger partial charge in [-0.05, 0) is 25.8 Å². The molecule has 2 saturated heterocycles. The Morgan fingerprint density at radius 2 is 2.18 bits per heavy atom. The van der Waals surface area contributed by atoms with Crippen LogP contribution in [0.15, 0.2) is 0 Å². The smallest absolute Gasteiger partial charge is 0.290 e. The van der Waals surface area contributed by atoms with E-state index in [-0.39, 0.29) is 38.1 Å². The number of halogens is 2. The molecule has 3 fully saturated rings. The van der Waals surface area contributed by atoms with E-state index in [2.05, 4.69) is 5.32 Å². The summed E-state index contributed by atoms with van der Waals surface area (Å²) < 4.78 is 33.3. The standard InChI is InChI=1S/C11H16F2N2O2/c12-11(13)6-14-4-3-10(11)7-15(8-1-2-8)9(16)5-17-10/h8,14H,1-7H2. The molecule has 1 spiro atoms. The van der Waals surface area contributed by atoms with Gasteiger partial charge in [-0.3, -0.25) is 4.79 Å². The van der Waals surface area contributed by atoms with E-state index >= 15 is 0 Å². The summed E-state index contributed by atoms with van der Waals surface area (Å²) in [5.41, 5.74) is -1.46. The maximum atomic E-state index is 14.0. The topological polar surface area (TPSA) is 41.6 Å². The molecular formula is C11H16F2N2O2. The first-order chi connectivity index (χ1) is 8.04. The molecule has 2 heterocycles. The maximum Gasteiger partial charge on any atom is 0.290 e. The molecule has 96 valence electrons. The Hall–Kier alpha value is -0.750. The van der Waals surface area contributed by atoms with Crippen LogP contribution >= 0.6 is 0 Å². The second-order valence-corrected chi connectivity index (χ2v) is 5.17. The molecule has 1 saturated carbocycles. The van der Waals surface area contributed by atoms with Gasteiger partial charge in [0.25, 0.3) is 5.92 Å². The third kappa shape index (κ3) is 1.74. The fraction of sp³-hybridized carbons (Fsp3) is 0.909. The van der Waals surface area contributed by atoms with Gasteiger partial charge in [-0.25, -0.2) is 8.78 Å². The lowest BCUT2D eigenvalue weighted by Gasteiger charge is -2.48. The van der Waals surface area contributed by atoms with Gasteiger partial charge in [0.2, 0.25) is 5.91 Å². The highest BCUT2D eigenvalue weighted by Gasteiger charge is 2.60. The van der Waals surface area contributed by atoms with Crippen LogP contribution in [0.3, 0.4) is 0 Å². The number of piperidine rings is 1. The predicted octanol–water partition coefficient (Wildman–Crippen LogP) is 0.375. The maximum absolute atomic E-state index is 14.0. The Labute approximate surface area is 98.3 Å². The van der Waals surface area contributed by atoms with Crippen LogP contribution in [0, 0.1) is 0 Å². The number of hydrogen-bond acceptors (Lipinski definition) is 3. The summed E-state index contributed by atoms with van der Waals surface area (Å²) in [7, 11) is 0. The Kier molecular flexibility index (Phi) is 2.42. The largest absolute Gasteiger partial charge is 0.357 e. The zero-order valence-corrected chi connectivity index (χ0v) is 9.55. The van der Waals surface area contributed by atoms with Crippen LogP contribution in [0.2, 0.25) is 0 Å². The quantitative estimate of drug-likeness (QED) is 0.727. The van der Waals surface area contributed by atoms with Gasteiger partial charge in [0.1, 0.15) is 6.61 Å². The third-order valence-corrected chi connectivity index (χ3v) is 3.92. The van der Waals surface area contributed by atoms with Gasteiger partial charge in [0.15, 0.2) is 5.60 Å². The molecular weight excluding hydrogens is 230 g/mol. The number of alkyl halides is 2. The van der Waals surface area contributed by atoms with E-state index in [1.54, 1.807) is 4.90 Å². The van der Waals surface area contributed by atoms with Crippen molar-refractivity contribution in [3.63, 3.8) is 0 Å². The minimum absolute atomic E-state index is 0.0468. The summed E-state index contributed by atoms with van der Waals surface area (Å²) in [6, 6.07) is 0.175. The average Bonchev–Trinajstić information content (AvgIpc) is 3.09. The van der Waals surface area contributed by atoms with Crippen LogP contribution in [-0.4, -0.2) is 54.6 Å². The fourth-order valence-corrected chi connectivity index (χ4v) is 2.66. The molecule has 3 rings (SSSR count). The Morgan fingerprint density at radius 3 is 2.82 bits per heavy atom. The normalized spacial score (nSPS) is 37.5. The van der Waals surface area contributed by atoms with Gasteiger partial charge in [-0.2, -0.15) is 0 Å². The van der Waals surface area contributed by atoms with Crippen LogP contribution in [0.25, 0.3) is 0 Å².